The normalized spacial score (nSPS) is 17.1. The third kappa shape index (κ3) is 4.42. The van der Waals surface area contributed by atoms with Gasteiger partial charge in [0.2, 0.25) is 0 Å². The van der Waals surface area contributed by atoms with E-state index < -0.39 is 17.4 Å². The van der Waals surface area contributed by atoms with Crippen molar-refractivity contribution in [2.45, 2.75) is 45.5 Å². The van der Waals surface area contributed by atoms with Crippen molar-refractivity contribution >= 4 is 11.7 Å². The molecule has 1 aliphatic heterocycles. The third-order valence-electron chi connectivity index (χ3n) is 3.42. The first kappa shape index (κ1) is 17.7. The largest absolute Gasteiger partial charge is 0.460 e. The zero-order chi connectivity index (χ0) is 17.3. The second-order valence-corrected chi connectivity index (χ2v) is 6.54. The lowest BCUT2D eigenvalue weighted by Crippen LogP contribution is -2.26. The Labute approximate surface area is 135 Å². The van der Waals surface area contributed by atoms with E-state index in [0.717, 1.165) is 0 Å². The van der Waals surface area contributed by atoms with Gasteiger partial charge in [-0.1, -0.05) is 12.1 Å². The van der Waals surface area contributed by atoms with E-state index in [4.69, 9.17) is 14.2 Å². The van der Waals surface area contributed by atoms with Crippen LogP contribution in [-0.4, -0.2) is 35.2 Å². The number of anilines is 1. The molecule has 0 bridgehead atoms. The maximum absolute atomic E-state index is 12.0. The van der Waals surface area contributed by atoms with Gasteiger partial charge in [-0.25, -0.2) is 0 Å². The summed E-state index contributed by atoms with van der Waals surface area (Å²) in [5.41, 5.74) is 0.531. The van der Waals surface area contributed by atoms with Crippen molar-refractivity contribution in [3.05, 3.63) is 29.3 Å². The number of carbonyl (C=O) groups excluding carboxylic acids is 1. The third-order valence-corrected chi connectivity index (χ3v) is 3.42. The molecule has 0 spiro atoms. The van der Waals surface area contributed by atoms with E-state index >= 15 is 0 Å². The maximum Gasteiger partial charge on any atom is 0.310 e. The Morgan fingerprint density at radius 2 is 1.91 bits per heavy atom. The highest BCUT2D eigenvalue weighted by Gasteiger charge is 2.34. The summed E-state index contributed by atoms with van der Waals surface area (Å²) in [6.45, 7) is 8.01. The van der Waals surface area contributed by atoms with Crippen LogP contribution in [0.3, 0.4) is 0 Å². The van der Waals surface area contributed by atoms with Crippen molar-refractivity contribution in [1.82, 2.24) is 0 Å². The molecule has 0 unspecified atom stereocenters. The predicted molar refractivity (Wildman–Crippen MR) is 81.3 cm³/mol. The molecule has 1 heterocycles. The van der Waals surface area contributed by atoms with Crippen LogP contribution in [0.1, 0.15) is 38.8 Å². The molecule has 1 aromatic carbocycles. The number of benzene rings is 1. The molecule has 0 atom stereocenters. The molecule has 2 rings (SSSR count). The molecular formula is C16H23NO6. The molecule has 1 saturated heterocycles. The summed E-state index contributed by atoms with van der Waals surface area (Å²) >= 11 is 0. The molecule has 1 fully saturated rings. The zero-order valence-electron chi connectivity index (χ0n) is 13.8. The van der Waals surface area contributed by atoms with Crippen LogP contribution in [0.5, 0.6) is 0 Å². The topological polar surface area (TPSA) is 88.5 Å². The lowest BCUT2D eigenvalue weighted by atomic mass is 10.0. The van der Waals surface area contributed by atoms with Crippen LogP contribution in [0.25, 0.3) is 0 Å². The summed E-state index contributed by atoms with van der Waals surface area (Å²) in [4.78, 5) is 12.0. The van der Waals surface area contributed by atoms with Crippen LogP contribution in [0.15, 0.2) is 18.2 Å². The van der Waals surface area contributed by atoms with Gasteiger partial charge in [0.05, 0.1) is 25.3 Å². The number of hydrogen-bond donors (Lipinski definition) is 2. The van der Waals surface area contributed by atoms with Crippen LogP contribution >= 0.6 is 0 Å². The number of hydrogen-bond acceptors (Lipinski definition) is 7. The van der Waals surface area contributed by atoms with Crippen molar-refractivity contribution < 1.29 is 29.4 Å². The van der Waals surface area contributed by atoms with Crippen LogP contribution in [-0.2, 0) is 31.2 Å². The molecule has 1 aromatic rings. The first-order chi connectivity index (χ1) is 10.6. The summed E-state index contributed by atoms with van der Waals surface area (Å²) in [7, 11) is 0. The highest BCUT2D eigenvalue weighted by Crippen LogP contribution is 2.34. The fourth-order valence-electron chi connectivity index (χ4n) is 2.40. The molecule has 128 valence electrons. The highest BCUT2D eigenvalue weighted by molar-refractivity contribution is 5.75. The number of ether oxygens (including phenoxy) is 3. The van der Waals surface area contributed by atoms with Gasteiger partial charge >= 0.3 is 5.97 Å². The molecule has 0 aliphatic carbocycles. The van der Waals surface area contributed by atoms with E-state index in [9.17, 15) is 15.2 Å². The second-order valence-electron chi connectivity index (χ2n) is 6.54. The lowest BCUT2D eigenvalue weighted by molar-refractivity contribution is -0.153. The average molecular weight is 325 g/mol. The van der Waals surface area contributed by atoms with E-state index in [-0.39, 0.29) is 17.3 Å². The van der Waals surface area contributed by atoms with Gasteiger partial charge in [-0.05, 0) is 39.3 Å². The van der Waals surface area contributed by atoms with Gasteiger partial charge in [-0.2, -0.15) is 0 Å². The molecule has 2 N–H and O–H groups in total. The molecule has 0 aromatic heterocycles. The Balaban J connectivity index is 2.25. The number of esters is 1. The van der Waals surface area contributed by atoms with Crippen molar-refractivity contribution in [3.63, 3.8) is 0 Å². The number of nitrogens with zero attached hydrogens (tertiary/aromatic N) is 1. The molecule has 0 saturated carbocycles. The monoisotopic (exact) mass is 325 g/mol. The number of rotatable bonds is 4. The van der Waals surface area contributed by atoms with Crippen molar-refractivity contribution in [2.24, 2.45) is 0 Å². The van der Waals surface area contributed by atoms with Crippen molar-refractivity contribution in [2.75, 3.05) is 18.4 Å². The summed E-state index contributed by atoms with van der Waals surface area (Å²) in [6.07, 6.45) is -0.0804. The number of carbonyl (C=O) groups is 1. The van der Waals surface area contributed by atoms with E-state index in [1.54, 1.807) is 39.8 Å². The lowest BCUT2D eigenvalue weighted by Gasteiger charge is -2.25. The minimum absolute atomic E-state index is 0.0124. The van der Waals surface area contributed by atoms with E-state index in [2.05, 4.69) is 0 Å². The second kappa shape index (κ2) is 6.45. The highest BCUT2D eigenvalue weighted by atomic mass is 16.8. The van der Waals surface area contributed by atoms with Gasteiger partial charge in [-0.15, -0.1) is 5.23 Å². The predicted octanol–water partition coefficient (Wildman–Crippen LogP) is 2.38. The Morgan fingerprint density at radius 1 is 1.30 bits per heavy atom. The quantitative estimate of drug-likeness (QED) is 0.649. The van der Waals surface area contributed by atoms with Crippen molar-refractivity contribution in [1.29, 1.82) is 0 Å². The zero-order valence-corrected chi connectivity index (χ0v) is 13.8. The first-order valence-electron chi connectivity index (χ1n) is 7.42. The van der Waals surface area contributed by atoms with Gasteiger partial charge < -0.3 is 14.2 Å². The van der Waals surface area contributed by atoms with E-state index in [1.165, 1.54) is 6.07 Å². The summed E-state index contributed by atoms with van der Waals surface area (Å²) in [6, 6.07) is 4.88. The summed E-state index contributed by atoms with van der Waals surface area (Å²) in [5.74, 6) is -1.39. The molecule has 7 heteroatoms. The standard InChI is InChI=1S/C16H23NO6/c1-15(2,3)23-14(18)9-11-5-6-12(10-13(11)17(19)20)16(4)21-7-8-22-16/h5-6,10,19-20H,7-9H2,1-4H3. The molecule has 23 heavy (non-hydrogen) atoms. The summed E-state index contributed by atoms with van der Waals surface area (Å²) < 4.78 is 16.4. The fourth-order valence-corrected chi connectivity index (χ4v) is 2.40. The van der Waals surface area contributed by atoms with Crippen molar-refractivity contribution in [3.8, 4) is 0 Å². The smallest absolute Gasteiger partial charge is 0.310 e. The first-order valence-corrected chi connectivity index (χ1v) is 7.42. The summed E-state index contributed by atoms with van der Waals surface area (Å²) in [5, 5.41) is 18.9. The minimum atomic E-state index is -0.935. The Hall–Kier alpha value is -1.67. The Kier molecular flexibility index (Phi) is 4.95. The average Bonchev–Trinajstić information content (AvgIpc) is 2.84. The van der Waals surface area contributed by atoms with Gasteiger partial charge in [-0.3, -0.25) is 15.2 Å². The Bertz CT molecular complexity index is 572. The fraction of sp³-hybridized carbons (Fsp3) is 0.562. The van der Waals surface area contributed by atoms with Crippen LogP contribution in [0, 0.1) is 0 Å². The van der Waals surface area contributed by atoms with Crippen LogP contribution in [0.4, 0.5) is 5.69 Å². The molecular weight excluding hydrogens is 302 g/mol. The van der Waals surface area contributed by atoms with E-state index in [1.807, 2.05) is 0 Å². The molecule has 7 nitrogen and oxygen atoms in total. The van der Waals surface area contributed by atoms with Gasteiger partial charge in [0, 0.05) is 5.56 Å². The van der Waals surface area contributed by atoms with E-state index in [0.29, 0.717) is 24.3 Å². The van der Waals surface area contributed by atoms with Crippen LogP contribution in [0.2, 0.25) is 0 Å². The van der Waals surface area contributed by atoms with Crippen LogP contribution < -0.4 is 5.23 Å². The van der Waals surface area contributed by atoms with Gasteiger partial charge in [0.1, 0.15) is 5.60 Å². The van der Waals surface area contributed by atoms with Gasteiger partial charge in [0.15, 0.2) is 5.79 Å². The molecule has 1 aliphatic rings. The molecule has 0 radical (unpaired) electrons. The molecule has 0 amide bonds. The minimum Gasteiger partial charge on any atom is -0.460 e. The maximum atomic E-state index is 12.0. The van der Waals surface area contributed by atoms with Gasteiger partial charge in [0.25, 0.3) is 0 Å². The SMILES string of the molecule is CC(C)(C)OC(=O)Cc1ccc(C2(C)OCCO2)cc1N(O)O. The Morgan fingerprint density at radius 3 is 2.43 bits per heavy atom.